The fourth-order valence-corrected chi connectivity index (χ4v) is 3.45. The number of rotatable bonds is 4. The molecule has 1 N–H and O–H groups in total. The van der Waals surface area contributed by atoms with E-state index in [1.807, 2.05) is 7.05 Å². The van der Waals surface area contributed by atoms with E-state index in [2.05, 4.69) is 15.2 Å². The van der Waals surface area contributed by atoms with Gasteiger partial charge in [0.05, 0.1) is 10.6 Å². The summed E-state index contributed by atoms with van der Waals surface area (Å²) in [5.41, 5.74) is 0.830. The summed E-state index contributed by atoms with van der Waals surface area (Å²) in [6.07, 6.45) is 1.05. The van der Waals surface area contributed by atoms with Gasteiger partial charge in [-0.25, -0.2) is 8.42 Å². The number of hydrogen-bond donors (Lipinski definition) is 1. The highest BCUT2D eigenvalue weighted by atomic mass is 35.5. The standard InChI is InChI=1S/C14H20ClN3O2S/c1-3-21(19,20)13-8-11(7-12(15)9-13)10-17-14-16-5-4-6-18(14)2/h7-9H,3-6,10H2,1-2H3,(H,16,17). The van der Waals surface area contributed by atoms with E-state index in [0.29, 0.717) is 11.6 Å². The molecule has 1 heterocycles. The van der Waals surface area contributed by atoms with Crippen LogP contribution in [0.5, 0.6) is 0 Å². The van der Waals surface area contributed by atoms with Gasteiger partial charge in [0, 0.05) is 31.7 Å². The Labute approximate surface area is 130 Å². The minimum absolute atomic E-state index is 0.0651. The van der Waals surface area contributed by atoms with Gasteiger partial charge in [-0.1, -0.05) is 18.5 Å². The average molecular weight is 330 g/mol. The Morgan fingerprint density at radius 1 is 1.38 bits per heavy atom. The minimum atomic E-state index is -3.25. The van der Waals surface area contributed by atoms with Crippen LogP contribution in [0.1, 0.15) is 18.9 Å². The maximum absolute atomic E-state index is 12.0. The molecule has 0 fully saturated rings. The second kappa shape index (κ2) is 6.66. The van der Waals surface area contributed by atoms with Gasteiger partial charge >= 0.3 is 0 Å². The predicted molar refractivity (Wildman–Crippen MR) is 85.6 cm³/mol. The van der Waals surface area contributed by atoms with Crippen LogP contribution >= 0.6 is 11.6 Å². The molecule has 1 aliphatic rings. The lowest BCUT2D eigenvalue weighted by Crippen LogP contribution is -2.41. The molecule has 0 saturated heterocycles. The minimum Gasteiger partial charge on any atom is -0.352 e. The molecule has 116 valence electrons. The number of nitrogens with one attached hydrogen (secondary N) is 1. The summed E-state index contributed by atoms with van der Waals surface area (Å²) >= 11 is 6.03. The molecule has 0 aliphatic carbocycles. The molecule has 2 rings (SSSR count). The number of nitrogens with zero attached hydrogens (tertiary/aromatic N) is 2. The molecular weight excluding hydrogens is 310 g/mol. The first-order chi connectivity index (χ1) is 9.92. The Bertz CT molecular complexity index is 644. The van der Waals surface area contributed by atoms with Crippen molar-refractivity contribution in [1.82, 2.24) is 10.2 Å². The van der Waals surface area contributed by atoms with Crippen molar-refractivity contribution in [3.05, 3.63) is 28.8 Å². The molecule has 0 spiro atoms. The van der Waals surface area contributed by atoms with Crippen molar-refractivity contribution in [3.8, 4) is 0 Å². The van der Waals surface area contributed by atoms with E-state index >= 15 is 0 Å². The van der Waals surface area contributed by atoms with Gasteiger partial charge in [-0.3, -0.25) is 4.99 Å². The maximum Gasteiger partial charge on any atom is 0.193 e. The monoisotopic (exact) mass is 329 g/mol. The molecule has 0 amide bonds. The van der Waals surface area contributed by atoms with Crippen LogP contribution in [0.2, 0.25) is 5.02 Å². The third-order valence-corrected chi connectivity index (χ3v) is 5.33. The summed E-state index contributed by atoms with van der Waals surface area (Å²) in [6, 6.07) is 4.93. The lowest BCUT2D eigenvalue weighted by Gasteiger charge is -2.25. The van der Waals surface area contributed by atoms with Crippen molar-refractivity contribution in [2.75, 3.05) is 25.9 Å². The Kier molecular flexibility index (Phi) is 5.11. The maximum atomic E-state index is 12.0. The van der Waals surface area contributed by atoms with Crippen LogP contribution in [-0.4, -0.2) is 45.2 Å². The molecule has 0 atom stereocenters. The van der Waals surface area contributed by atoms with Crippen molar-refractivity contribution >= 4 is 27.4 Å². The molecule has 0 radical (unpaired) electrons. The van der Waals surface area contributed by atoms with Crippen LogP contribution in [0.4, 0.5) is 0 Å². The van der Waals surface area contributed by atoms with Gasteiger partial charge < -0.3 is 10.2 Å². The van der Waals surface area contributed by atoms with E-state index in [1.54, 1.807) is 19.1 Å². The molecule has 1 aromatic rings. The number of halogens is 1. The topological polar surface area (TPSA) is 61.8 Å². The van der Waals surface area contributed by atoms with Crippen molar-refractivity contribution in [3.63, 3.8) is 0 Å². The van der Waals surface area contributed by atoms with Crippen molar-refractivity contribution < 1.29 is 8.42 Å². The van der Waals surface area contributed by atoms with Gasteiger partial charge in [0.25, 0.3) is 0 Å². The molecule has 0 bridgehead atoms. The van der Waals surface area contributed by atoms with Crippen LogP contribution in [-0.2, 0) is 16.4 Å². The molecule has 5 nitrogen and oxygen atoms in total. The van der Waals surface area contributed by atoms with Gasteiger partial charge in [-0.15, -0.1) is 0 Å². The third-order valence-electron chi connectivity index (χ3n) is 3.40. The van der Waals surface area contributed by atoms with Crippen molar-refractivity contribution in [2.45, 2.75) is 24.8 Å². The second-order valence-corrected chi connectivity index (χ2v) is 7.75. The largest absolute Gasteiger partial charge is 0.352 e. The van der Waals surface area contributed by atoms with Crippen LogP contribution in [0.3, 0.4) is 0 Å². The predicted octanol–water partition coefficient (Wildman–Crippen LogP) is 1.91. The SMILES string of the molecule is CCS(=O)(=O)c1cc(Cl)cc(CNC2=NCCCN2C)c1. The zero-order valence-electron chi connectivity index (χ0n) is 12.3. The van der Waals surface area contributed by atoms with Crippen molar-refractivity contribution in [1.29, 1.82) is 0 Å². The number of aliphatic imine (C=N–C) groups is 1. The number of guanidine groups is 1. The van der Waals surface area contributed by atoms with E-state index in [0.717, 1.165) is 31.0 Å². The van der Waals surface area contributed by atoms with Crippen LogP contribution in [0.15, 0.2) is 28.1 Å². The van der Waals surface area contributed by atoms with Crippen molar-refractivity contribution in [2.24, 2.45) is 4.99 Å². The Balaban J connectivity index is 2.16. The lowest BCUT2D eigenvalue weighted by atomic mass is 10.2. The summed E-state index contributed by atoms with van der Waals surface area (Å²) in [6.45, 7) is 3.91. The number of sulfone groups is 1. The number of hydrogen-bond acceptors (Lipinski definition) is 5. The first-order valence-corrected chi connectivity index (χ1v) is 8.97. The summed E-state index contributed by atoms with van der Waals surface area (Å²) in [5.74, 6) is 0.900. The molecule has 0 unspecified atom stereocenters. The van der Waals surface area contributed by atoms with Crippen LogP contribution in [0, 0.1) is 0 Å². The molecule has 1 aromatic carbocycles. The molecule has 0 aromatic heterocycles. The number of benzene rings is 1. The van der Waals surface area contributed by atoms with E-state index in [9.17, 15) is 8.42 Å². The van der Waals surface area contributed by atoms with E-state index < -0.39 is 9.84 Å². The zero-order chi connectivity index (χ0) is 15.5. The Morgan fingerprint density at radius 2 is 2.14 bits per heavy atom. The molecule has 1 aliphatic heterocycles. The van der Waals surface area contributed by atoms with Gasteiger partial charge in [0.15, 0.2) is 15.8 Å². The summed E-state index contributed by atoms with van der Waals surface area (Å²) in [4.78, 5) is 6.74. The van der Waals surface area contributed by atoms with Gasteiger partial charge in [-0.05, 0) is 30.2 Å². The van der Waals surface area contributed by atoms with Crippen LogP contribution in [0.25, 0.3) is 0 Å². The zero-order valence-corrected chi connectivity index (χ0v) is 13.8. The highest BCUT2D eigenvalue weighted by molar-refractivity contribution is 7.91. The first-order valence-electron chi connectivity index (χ1n) is 6.94. The quantitative estimate of drug-likeness (QED) is 0.916. The molecule has 0 saturated carbocycles. The summed E-state index contributed by atoms with van der Waals surface area (Å²) in [5, 5.41) is 3.66. The smallest absolute Gasteiger partial charge is 0.193 e. The Morgan fingerprint density at radius 3 is 2.81 bits per heavy atom. The second-order valence-electron chi connectivity index (χ2n) is 5.03. The summed E-state index contributed by atoms with van der Waals surface area (Å²) < 4.78 is 23.9. The highest BCUT2D eigenvalue weighted by Crippen LogP contribution is 2.20. The van der Waals surface area contributed by atoms with Crippen LogP contribution < -0.4 is 5.32 Å². The third kappa shape index (κ3) is 4.11. The highest BCUT2D eigenvalue weighted by Gasteiger charge is 2.14. The summed E-state index contributed by atoms with van der Waals surface area (Å²) in [7, 11) is -1.27. The van der Waals surface area contributed by atoms with E-state index in [4.69, 9.17) is 11.6 Å². The fraction of sp³-hybridized carbons (Fsp3) is 0.500. The van der Waals surface area contributed by atoms with E-state index in [1.165, 1.54) is 6.07 Å². The molecule has 21 heavy (non-hydrogen) atoms. The van der Waals surface area contributed by atoms with Gasteiger partial charge in [0.2, 0.25) is 0 Å². The molecule has 7 heteroatoms. The van der Waals surface area contributed by atoms with E-state index in [-0.39, 0.29) is 10.6 Å². The Hall–Kier alpha value is -1.27. The molecular formula is C14H20ClN3O2S. The van der Waals surface area contributed by atoms with Gasteiger partial charge in [0.1, 0.15) is 0 Å². The fourth-order valence-electron chi connectivity index (χ4n) is 2.16. The van der Waals surface area contributed by atoms with Gasteiger partial charge in [-0.2, -0.15) is 0 Å². The lowest BCUT2D eigenvalue weighted by molar-refractivity contribution is 0.446. The first kappa shape index (κ1) is 16.1. The normalized spacial score (nSPS) is 15.8. The average Bonchev–Trinajstić information content (AvgIpc) is 2.46.